The maximum Gasteiger partial charge on any atom is 0.220 e. The van der Waals surface area contributed by atoms with E-state index in [0.29, 0.717) is 6.42 Å². The van der Waals surface area contributed by atoms with E-state index in [2.05, 4.69) is 19.2 Å². The third-order valence-electron chi connectivity index (χ3n) is 11.7. The lowest BCUT2D eigenvalue weighted by Crippen LogP contribution is -2.65. The molecule has 0 aromatic heterocycles. The Morgan fingerprint density at radius 3 is 1.56 bits per heavy atom. The van der Waals surface area contributed by atoms with Gasteiger partial charge in [0.15, 0.2) is 12.6 Å². The molecule has 12 unspecified atom stereocenters. The van der Waals surface area contributed by atoms with Crippen molar-refractivity contribution >= 4 is 5.91 Å². The van der Waals surface area contributed by atoms with E-state index in [9.17, 15) is 45.6 Å². The number of carbonyl (C=O) groups is 1. The Morgan fingerprint density at radius 2 is 1.05 bits per heavy atom. The molecule has 59 heavy (non-hydrogen) atoms. The minimum Gasteiger partial charge on any atom is -0.394 e. The second kappa shape index (κ2) is 33.3. The second-order valence-corrected chi connectivity index (χ2v) is 16.9. The molecule has 14 nitrogen and oxygen atoms in total. The Bertz CT molecular complexity index is 1050. The smallest absolute Gasteiger partial charge is 0.220 e. The number of aliphatic hydroxyl groups is 8. The summed E-state index contributed by atoms with van der Waals surface area (Å²) in [4.78, 5) is 13.1. The van der Waals surface area contributed by atoms with Crippen LogP contribution in [0.2, 0.25) is 0 Å². The zero-order valence-corrected chi connectivity index (χ0v) is 36.5. The predicted octanol–water partition coefficient (Wildman–Crippen LogP) is 4.82. The number of hydrogen-bond acceptors (Lipinski definition) is 13. The van der Waals surface area contributed by atoms with Gasteiger partial charge in [0.25, 0.3) is 0 Å². The maximum atomic E-state index is 13.1. The molecule has 0 aromatic carbocycles. The lowest BCUT2D eigenvalue weighted by Gasteiger charge is -2.46. The first-order chi connectivity index (χ1) is 28.6. The zero-order valence-electron chi connectivity index (χ0n) is 36.5. The molecule has 12 atom stereocenters. The summed E-state index contributed by atoms with van der Waals surface area (Å²) in [5.41, 5.74) is 0. The van der Waals surface area contributed by atoms with Crippen molar-refractivity contribution in [1.29, 1.82) is 0 Å². The largest absolute Gasteiger partial charge is 0.394 e. The number of rotatable bonds is 35. The lowest BCUT2D eigenvalue weighted by atomic mass is 9.97. The van der Waals surface area contributed by atoms with Crippen LogP contribution < -0.4 is 5.32 Å². The van der Waals surface area contributed by atoms with E-state index in [1.807, 2.05) is 6.08 Å². The molecule has 2 fully saturated rings. The van der Waals surface area contributed by atoms with Gasteiger partial charge in [-0.3, -0.25) is 4.79 Å². The van der Waals surface area contributed by atoms with Crippen LogP contribution in [-0.4, -0.2) is 140 Å². The molecule has 0 aromatic rings. The van der Waals surface area contributed by atoms with Crippen LogP contribution in [0, 0.1) is 0 Å². The highest BCUT2D eigenvalue weighted by atomic mass is 16.7. The number of unbranched alkanes of at least 4 members (excludes halogenated alkanes) is 22. The van der Waals surface area contributed by atoms with Crippen LogP contribution in [0.1, 0.15) is 174 Å². The normalized spacial score (nSPS) is 28.6. The van der Waals surface area contributed by atoms with Crippen molar-refractivity contribution in [1.82, 2.24) is 5.32 Å². The Balaban J connectivity index is 1.89. The van der Waals surface area contributed by atoms with Gasteiger partial charge in [0, 0.05) is 6.42 Å². The summed E-state index contributed by atoms with van der Waals surface area (Å²) in [5.74, 6) is -0.242. The van der Waals surface area contributed by atoms with Crippen LogP contribution in [-0.2, 0) is 23.7 Å². The van der Waals surface area contributed by atoms with Gasteiger partial charge in [-0.15, -0.1) is 0 Å². The number of allylic oxidation sites excluding steroid dienone is 1. The number of aliphatic hydroxyl groups excluding tert-OH is 8. The topological polar surface area (TPSA) is 228 Å². The molecular weight excluding hydrogens is 762 g/mol. The molecule has 9 N–H and O–H groups in total. The zero-order chi connectivity index (χ0) is 43.3. The quantitative estimate of drug-likeness (QED) is 0.0308. The van der Waals surface area contributed by atoms with Crippen LogP contribution in [0.4, 0.5) is 0 Å². The van der Waals surface area contributed by atoms with Crippen molar-refractivity contribution in [3.63, 3.8) is 0 Å². The van der Waals surface area contributed by atoms with E-state index >= 15 is 0 Å². The van der Waals surface area contributed by atoms with E-state index in [-0.39, 0.29) is 18.9 Å². The van der Waals surface area contributed by atoms with E-state index in [1.165, 1.54) is 109 Å². The van der Waals surface area contributed by atoms with Crippen LogP contribution in [0.3, 0.4) is 0 Å². The minimum atomic E-state index is -1.78. The Kier molecular flexibility index (Phi) is 30.4. The summed E-state index contributed by atoms with van der Waals surface area (Å²) in [6, 6.07) is -0.905. The highest BCUT2D eigenvalue weighted by molar-refractivity contribution is 5.76. The van der Waals surface area contributed by atoms with Crippen LogP contribution >= 0.6 is 0 Å². The molecule has 0 saturated carbocycles. The molecule has 0 radical (unpaired) electrons. The van der Waals surface area contributed by atoms with Gasteiger partial charge in [-0.25, -0.2) is 0 Å². The van der Waals surface area contributed by atoms with Gasteiger partial charge < -0.3 is 65.1 Å². The predicted molar refractivity (Wildman–Crippen MR) is 226 cm³/mol. The molecule has 0 spiro atoms. The molecule has 2 heterocycles. The molecule has 2 aliphatic rings. The fourth-order valence-corrected chi connectivity index (χ4v) is 7.82. The highest BCUT2D eigenvalue weighted by Crippen LogP contribution is 2.30. The van der Waals surface area contributed by atoms with Crippen molar-refractivity contribution in [3.05, 3.63) is 12.2 Å². The first-order valence-electron chi connectivity index (χ1n) is 23.4. The average molecular weight is 848 g/mol. The van der Waals surface area contributed by atoms with Gasteiger partial charge in [0.05, 0.1) is 32.0 Å². The van der Waals surface area contributed by atoms with Gasteiger partial charge in [-0.05, 0) is 19.3 Å². The first kappa shape index (κ1) is 53.9. The summed E-state index contributed by atoms with van der Waals surface area (Å²) in [5, 5.41) is 86.4. The molecule has 2 rings (SSSR count). The van der Waals surface area contributed by atoms with Gasteiger partial charge in [0.1, 0.15) is 48.8 Å². The van der Waals surface area contributed by atoms with Crippen LogP contribution in [0.15, 0.2) is 12.2 Å². The summed E-state index contributed by atoms with van der Waals surface area (Å²) in [6.45, 7) is 2.75. The maximum absolute atomic E-state index is 13.1. The SMILES string of the molecule is CCCCCCCCCCCCCCC/C=C/C(O)C(COC1OC(CO)C(OC2OC(CO)C(O)C(O)C2O)C(O)C1O)NC(=O)CCCCCCCCCCCC. The molecule has 348 valence electrons. The fourth-order valence-electron chi connectivity index (χ4n) is 7.82. The van der Waals surface area contributed by atoms with Gasteiger partial charge in [0.2, 0.25) is 5.91 Å². The van der Waals surface area contributed by atoms with Crippen molar-refractivity contribution in [2.45, 2.75) is 248 Å². The molecule has 2 aliphatic heterocycles. The van der Waals surface area contributed by atoms with Gasteiger partial charge in [-0.2, -0.15) is 0 Å². The van der Waals surface area contributed by atoms with E-state index < -0.39 is 86.8 Å². The molecule has 2 saturated heterocycles. The van der Waals surface area contributed by atoms with Gasteiger partial charge >= 0.3 is 0 Å². The third-order valence-corrected chi connectivity index (χ3v) is 11.7. The summed E-state index contributed by atoms with van der Waals surface area (Å²) in [7, 11) is 0. The number of ether oxygens (including phenoxy) is 4. The van der Waals surface area contributed by atoms with Crippen LogP contribution in [0.5, 0.6) is 0 Å². The van der Waals surface area contributed by atoms with Crippen molar-refractivity contribution in [2.24, 2.45) is 0 Å². The molecular formula is C45H85NO13. The Hall–Kier alpha value is -1.27. The third kappa shape index (κ3) is 21.6. The molecule has 0 aliphatic carbocycles. The van der Waals surface area contributed by atoms with E-state index in [0.717, 1.165) is 38.5 Å². The standard InChI is InChI=1S/C45H85NO13/c1-3-5-7-9-11-13-15-16-17-18-19-20-22-24-26-28-34(49)33(46-37(50)29-27-25-23-21-14-12-10-8-6-4-2)32-56-44-42(55)40(53)43(36(31-48)58-44)59-45-41(54)39(52)38(51)35(30-47)57-45/h26,28,33-36,38-45,47-49,51-55H,3-25,27,29-32H2,1-2H3,(H,46,50)/b28-26+. The van der Waals surface area contributed by atoms with Crippen molar-refractivity contribution < 1.29 is 64.6 Å². The molecule has 1 amide bonds. The van der Waals surface area contributed by atoms with E-state index in [1.54, 1.807) is 6.08 Å². The average Bonchev–Trinajstić information content (AvgIpc) is 3.23. The number of nitrogens with one attached hydrogen (secondary N) is 1. The summed E-state index contributed by atoms with van der Waals surface area (Å²) < 4.78 is 22.6. The lowest BCUT2D eigenvalue weighted by molar-refractivity contribution is -0.359. The van der Waals surface area contributed by atoms with Crippen molar-refractivity contribution in [2.75, 3.05) is 19.8 Å². The second-order valence-electron chi connectivity index (χ2n) is 16.9. The van der Waals surface area contributed by atoms with Gasteiger partial charge in [-0.1, -0.05) is 161 Å². The first-order valence-corrected chi connectivity index (χ1v) is 23.4. The monoisotopic (exact) mass is 848 g/mol. The number of hydrogen-bond donors (Lipinski definition) is 9. The Morgan fingerprint density at radius 1 is 0.593 bits per heavy atom. The highest BCUT2D eigenvalue weighted by Gasteiger charge is 2.50. The number of amides is 1. The summed E-state index contributed by atoms with van der Waals surface area (Å²) >= 11 is 0. The summed E-state index contributed by atoms with van der Waals surface area (Å²) in [6.07, 6.45) is 15.5. The minimum absolute atomic E-state index is 0.242. The molecule has 0 bridgehead atoms. The van der Waals surface area contributed by atoms with E-state index in [4.69, 9.17) is 18.9 Å². The van der Waals surface area contributed by atoms with Crippen molar-refractivity contribution in [3.8, 4) is 0 Å². The number of carbonyl (C=O) groups excluding carboxylic acids is 1. The Labute approximate surface area is 355 Å². The molecule has 14 heteroatoms. The fraction of sp³-hybridized carbons (Fsp3) is 0.933. The van der Waals surface area contributed by atoms with Crippen LogP contribution in [0.25, 0.3) is 0 Å².